The lowest BCUT2D eigenvalue weighted by atomic mass is 9.97. The number of hydrogen-bond acceptors (Lipinski definition) is 5. The molecule has 3 N–H and O–H groups in total. The van der Waals surface area contributed by atoms with Crippen LogP contribution in [0, 0.1) is 5.92 Å². The summed E-state index contributed by atoms with van der Waals surface area (Å²) in [6.07, 6.45) is 2.44. The number of aryl methyl sites for hydroxylation is 1. The van der Waals surface area contributed by atoms with E-state index in [1.165, 1.54) is 15.2 Å². The zero-order chi connectivity index (χ0) is 15.6. The summed E-state index contributed by atoms with van der Waals surface area (Å²) in [7, 11) is -2.02. The summed E-state index contributed by atoms with van der Waals surface area (Å²) in [5.74, 6) is -0.124. The highest BCUT2D eigenvalue weighted by atomic mass is 32.2. The molecule has 2 heterocycles. The maximum atomic E-state index is 12.5. The van der Waals surface area contributed by atoms with Crippen molar-refractivity contribution in [2.24, 2.45) is 13.0 Å². The number of sulfonamides is 1. The second kappa shape index (κ2) is 6.02. The molecule has 1 amide bonds. The van der Waals surface area contributed by atoms with E-state index in [9.17, 15) is 13.2 Å². The Balaban J connectivity index is 2.08. The monoisotopic (exact) mass is 315 g/mol. The summed E-state index contributed by atoms with van der Waals surface area (Å²) < 4.78 is 27.8. The molecule has 0 atom stereocenters. The number of piperidine rings is 1. The van der Waals surface area contributed by atoms with Gasteiger partial charge in [0.25, 0.3) is 0 Å². The standard InChI is InChI=1S/C12H21N5O3S/c1-3-14-12(18)9-4-6-17(7-5-9)21(19,20)10-8-16(2)15-11(10)13/h8-9H,3-7H2,1-2H3,(H2,13,15)(H,14,18). The number of nitrogens with two attached hydrogens (primary N) is 1. The molecule has 1 aromatic heterocycles. The molecular formula is C12H21N5O3S. The highest BCUT2D eigenvalue weighted by Gasteiger charge is 2.33. The molecule has 1 aromatic rings. The smallest absolute Gasteiger partial charge is 0.248 e. The predicted molar refractivity (Wildman–Crippen MR) is 77.8 cm³/mol. The Bertz CT molecular complexity index is 617. The van der Waals surface area contributed by atoms with Crippen LogP contribution in [0.2, 0.25) is 0 Å². The first-order valence-corrected chi connectivity index (χ1v) is 8.37. The fourth-order valence-electron chi connectivity index (χ4n) is 2.50. The Kier molecular flexibility index (Phi) is 4.52. The van der Waals surface area contributed by atoms with Crippen molar-refractivity contribution in [3.05, 3.63) is 6.20 Å². The normalized spacial score (nSPS) is 17.8. The van der Waals surface area contributed by atoms with E-state index in [4.69, 9.17) is 5.73 Å². The summed E-state index contributed by atoms with van der Waals surface area (Å²) in [4.78, 5) is 11.8. The van der Waals surface area contributed by atoms with Gasteiger partial charge >= 0.3 is 0 Å². The number of nitrogen functional groups attached to an aromatic ring is 1. The van der Waals surface area contributed by atoms with Crippen LogP contribution in [0.5, 0.6) is 0 Å². The van der Waals surface area contributed by atoms with Crippen LogP contribution in [0.25, 0.3) is 0 Å². The molecule has 0 radical (unpaired) electrons. The van der Waals surface area contributed by atoms with Crippen LogP contribution in [0.15, 0.2) is 11.1 Å². The van der Waals surface area contributed by atoms with Crippen molar-refractivity contribution in [1.82, 2.24) is 19.4 Å². The Labute approximate surface area is 124 Å². The fourth-order valence-corrected chi connectivity index (χ4v) is 4.06. The number of carbonyl (C=O) groups is 1. The highest BCUT2D eigenvalue weighted by molar-refractivity contribution is 7.89. The highest BCUT2D eigenvalue weighted by Crippen LogP contribution is 2.26. The molecule has 21 heavy (non-hydrogen) atoms. The average Bonchev–Trinajstić information content (AvgIpc) is 2.79. The van der Waals surface area contributed by atoms with E-state index >= 15 is 0 Å². The lowest BCUT2D eigenvalue weighted by Gasteiger charge is -2.30. The minimum Gasteiger partial charge on any atom is -0.381 e. The van der Waals surface area contributed by atoms with E-state index in [-0.39, 0.29) is 22.5 Å². The van der Waals surface area contributed by atoms with E-state index < -0.39 is 10.0 Å². The third kappa shape index (κ3) is 3.18. The zero-order valence-electron chi connectivity index (χ0n) is 12.2. The number of nitrogens with zero attached hydrogens (tertiary/aromatic N) is 3. The second-order valence-electron chi connectivity index (χ2n) is 5.13. The van der Waals surface area contributed by atoms with Crippen molar-refractivity contribution in [2.45, 2.75) is 24.7 Å². The van der Waals surface area contributed by atoms with Gasteiger partial charge in [0.1, 0.15) is 4.90 Å². The van der Waals surface area contributed by atoms with Gasteiger partial charge in [-0.05, 0) is 19.8 Å². The summed E-state index contributed by atoms with van der Waals surface area (Å²) >= 11 is 0. The zero-order valence-corrected chi connectivity index (χ0v) is 13.1. The quantitative estimate of drug-likeness (QED) is 0.781. The molecule has 1 fully saturated rings. The van der Waals surface area contributed by atoms with Crippen LogP contribution in [-0.4, -0.2) is 48.0 Å². The minimum atomic E-state index is -3.64. The van der Waals surface area contributed by atoms with Crippen LogP contribution < -0.4 is 11.1 Å². The van der Waals surface area contributed by atoms with E-state index in [0.717, 1.165) is 0 Å². The number of carbonyl (C=O) groups excluding carboxylic acids is 1. The average molecular weight is 315 g/mol. The van der Waals surface area contributed by atoms with Gasteiger partial charge in [-0.2, -0.15) is 9.40 Å². The molecule has 2 rings (SSSR count). The van der Waals surface area contributed by atoms with E-state index in [1.54, 1.807) is 7.05 Å². The first-order valence-electron chi connectivity index (χ1n) is 6.93. The molecule has 1 aliphatic heterocycles. The molecule has 1 aliphatic rings. The molecule has 0 unspecified atom stereocenters. The number of rotatable bonds is 4. The third-order valence-corrected chi connectivity index (χ3v) is 5.53. The maximum absolute atomic E-state index is 12.5. The van der Waals surface area contributed by atoms with E-state index in [1.807, 2.05) is 6.92 Å². The fraction of sp³-hybridized carbons (Fsp3) is 0.667. The van der Waals surface area contributed by atoms with Crippen molar-refractivity contribution in [3.8, 4) is 0 Å². The molecule has 9 heteroatoms. The van der Waals surface area contributed by atoms with Crippen LogP contribution >= 0.6 is 0 Å². The summed E-state index contributed by atoms with van der Waals surface area (Å²) in [6.45, 7) is 3.09. The van der Waals surface area contributed by atoms with Crippen molar-refractivity contribution in [2.75, 3.05) is 25.4 Å². The van der Waals surface area contributed by atoms with Gasteiger partial charge < -0.3 is 11.1 Å². The molecule has 118 valence electrons. The number of anilines is 1. The van der Waals surface area contributed by atoms with Gasteiger partial charge in [-0.1, -0.05) is 0 Å². The lowest BCUT2D eigenvalue weighted by molar-refractivity contribution is -0.126. The number of amides is 1. The van der Waals surface area contributed by atoms with Crippen LogP contribution in [0.1, 0.15) is 19.8 Å². The minimum absolute atomic E-state index is 0.00310. The Morgan fingerprint density at radius 3 is 2.57 bits per heavy atom. The van der Waals surface area contributed by atoms with E-state index in [0.29, 0.717) is 32.5 Å². The van der Waals surface area contributed by atoms with Gasteiger partial charge in [-0.3, -0.25) is 9.48 Å². The van der Waals surface area contributed by atoms with Gasteiger partial charge in [0.05, 0.1) is 0 Å². The summed E-state index contributed by atoms with van der Waals surface area (Å²) in [5, 5.41) is 6.64. The van der Waals surface area contributed by atoms with Crippen LogP contribution in [0.3, 0.4) is 0 Å². The number of hydrogen-bond donors (Lipinski definition) is 2. The number of nitrogens with one attached hydrogen (secondary N) is 1. The predicted octanol–water partition coefficient (Wildman–Crippen LogP) is -0.461. The maximum Gasteiger partial charge on any atom is 0.248 e. The summed E-state index contributed by atoms with van der Waals surface area (Å²) in [5.41, 5.74) is 5.65. The molecule has 1 saturated heterocycles. The van der Waals surface area contributed by atoms with Crippen molar-refractivity contribution >= 4 is 21.7 Å². The van der Waals surface area contributed by atoms with Crippen molar-refractivity contribution < 1.29 is 13.2 Å². The Hall–Kier alpha value is -1.61. The van der Waals surface area contributed by atoms with Gasteiger partial charge in [0.15, 0.2) is 5.82 Å². The third-order valence-electron chi connectivity index (χ3n) is 3.62. The van der Waals surface area contributed by atoms with Crippen LogP contribution in [0.4, 0.5) is 5.82 Å². The molecule has 0 bridgehead atoms. The van der Waals surface area contributed by atoms with E-state index in [2.05, 4.69) is 10.4 Å². The van der Waals surface area contributed by atoms with Gasteiger partial charge in [0.2, 0.25) is 15.9 Å². The topological polar surface area (TPSA) is 110 Å². The molecule has 0 aliphatic carbocycles. The van der Waals surface area contributed by atoms with Gasteiger partial charge in [-0.15, -0.1) is 0 Å². The largest absolute Gasteiger partial charge is 0.381 e. The first kappa shape index (κ1) is 15.8. The van der Waals surface area contributed by atoms with Gasteiger partial charge in [0, 0.05) is 38.8 Å². The Morgan fingerprint density at radius 1 is 1.48 bits per heavy atom. The molecule has 0 spiro atoms. The molecular weight excluding hydrogens is 294 g/mol. The summed E-state index contributed by atoms with van der Waals surface area (Å²) in [6, 6.07) is 0. The number of aromatic nitrogens is 2. The van der Waals surface area contributed by atoms with Crippen molar-refractivity contribution in [1.29, 1.82) is 0 Å². The lowest BCUT2D eigenvalue weighted by Crippen LogP contribution is -2.43. The van der Waals surface area contributed by atoms with Crippen LogP contribution in [-0.2, 0) is 21.9 Å². The van der Waals surface area contributed by atoms with Gasteiger partial charge in [-0.25, -0.2) is 8.42 Å². The molecule has 8 nitrogen and oxygen atoms in total. The first-order chi connectivity index (χ1) is 9.86. The molecule has 0 saturated carbocycles. The SMILES string of the molecule is CCNC(=O)C1CCN(S(=O)(=O)c2cn(C)nc2N)CC1. The Morgan fingerprint density at radius 2 is 2.10 bits per heavy atom. The van der Waals surface area contributed by atoms with Crippen molar-refractivity contribution in [3.63, 3.8) is 0 Å². The molecule has 0 aromatic carbocycles. The second-order valence-corrected chi connectivity index (χ2v) is 7.03.